The predicted octanol–water partition coefficient (Wildman–Crippen LogP) is 8.89. The molecule has 0 nitrogen and oxygen atoms in total. The highest BCUT2D eigenvalue weighted by atomic mass is 19.4. The van der Waals surface area contributed by atoms with Crippen LogP contribution in [-0.4, -0.2) is 0 Å². The summed E-state index contributed by atoms with van der Waals surface area (Å²) in [6.45, 7) is 2.08. The number of allylic oxidation sites excluding steroid dienone is 2. The minimum Gasteiger partial charge on any atom is -0.206 e. The number of hydrogen-bond acceptors (Lipinski definition) is 0. The quantitative estimate of drug-likeness (QED) is 0.292. The van der Waals surface area contributed by atoms with Gasteiger partial charge in [0.25, 0.3) is 0 Å². The van der Waals surface area contributed by atoms with E-state index in [1.807, 2.05) is 0 Å². The van der Waals surface area contributed by atoms with Crippen molar-refractivity contribution in [3.05, 3.63) is 47.0 Å². The molecule has 0 aromatic heterocycles. The molecule has 2 aliphatic rings. The fourth-order valence-corrected chi connectivity index (χ4v) is 5.81. The fourth-order valence-electron chi connectivity index (χ4n) is 5.81. The molecular formula is C26H35F5. The van der Waals surface area contributed by atoms with Crippen LogP contribution in [0.1, 0.15) is 88.7 Å². The van der Waals surface area contributed by atoms with Gasteiger partial charge in [0, 0.05) is 0 Å². The summed E-state index contributed by atoms with van der Waals surface area (Å²) in [6.07, 6.45) is 13.2. The Labute approximate surface area is 183 Å². The van der Waals surface area contributed by atoms with Crippen LogP contribution in [0.5, 0.6) is 0 Å². The van der Waals surface area contributed by atoms with Gasteiger partial charge in [-0.15, -0.1) is 0 Å². The second-order valence-electron chi connectivity index (χ2n) is 9.68. The molecule has 2 aliphatic carbocycles. The first-order valence-corrected chi connectivity index (χ1v) is 11.9. The molecule has 0 N–H and O–H groups in total. The highest BCUT2D eigenvalue weighted by Crippen LogP contribution is 2.43. The zero-order valence-electron chi connectivity index (χ0n) is 18.5. The normalized spacial score (nSPS) is 27.7. The van der Waals surface area contributed by atoms with E-state index in [1.165, 1.54) is 51.4 Å². The first-order valence-electron chi connectivity index (χ1n) is 11.9. The summed E-state index contributed by atoms with van der Waals surface area (Å²) in [5, 5.41) is 0. The van der Waals surface area contributed by atoms with Crippen molar-refractivity contribution in [2.45, 2.75) is 90.1 Å². The SMILES string of the molecule is C/C=C/CCC1CCC(C2CCC(CCc3cc(F)c(C(F)(F)F)c(F)c3)CC2)CC1. The van der Waals surface area contributed by atoms with Crippen LogP contribution < -0.4 is 0 Å². The topological polar surface area (TPSA) is 0 Å². The molecule has 1 aromatic carbocycles. The monoisotopic (exact) mass is 442 g/mol. The van der Waals surface area contributed by atoms with Crippen molar-refractivity contribution in [2.24, 2.45) is 23.7 Å². The van der Waals surface area contributed by atoms with Gasteiger partial charge in [0.1, 0.15) is 17.2 Å². The van der Waals surface area contributed by atoms with Gasteiger partial charge in [0.2, 0.25) is 0 Å². The van der Waals surface area contributed by atoms with Gasteiger partial charge in [-0.2, -0.15) is 13.2 Å². The summed E-state index contributed by atoms with van der Waals surface area (Å²) in [4.78, 5) is 0. The van der Waals surface area contributed by atoms with Gasteiger partial charge in [-0.3, -0.25) is 0 Å². The summed E-state index contributed by atoms with van der Waals surface area (Å²) < 4.78 is 65.7. The predicted molar refractivity (Wildman–Crippen MR) is 115 cm³/mol. The Morgan fingerprint density at radius 1 is 0.806 bits per heavy atom. The van der Waals surface area contributed by atoms with Gasteiger partial charge in [-0.05, 0) is 99.7 Å². The van der Waals surface area contributed by atoms with E-state index in [0.29, 0.717) is 17.9 Å². The van der Waals surface area contributed by atoms with Crippen LogP contribution in [0.15, 0.2) is 24.3 Å². The second kappa shape index (κ2) is 11.0. The molecule has 0 amide bonds. The summed E-state index contributed by atoms with van der Waals surface area (Å²) in [6, 6.07) is 1.71. The van der Waals surface area contributed by atoms with Gasteiger partial charge in [0.15, 0.2) is 0 Å². The fraction of sp³-hybridized carbons (Fsp3) is 0.692. The lowest BCUT2D eigenvalue weighted by Gasteiger charge is -2.38. The average molecular weight is 443 g/mol. The minimum atomic E-state index is -5.00. The number of rotatable bonds is 7. The van der Waals surface area contributed by atoms with E-state index in [1.54, 1.807) is 0 Å². The van der Waals surface area contributed by atoms with Crippen LogP contribution >= 0.6 is 0 Å². The molecule has 0 spiro atoms. The number of hydrogen-bond donors (Lipinski definition) is 0. The molecular weight excluding hydrogens is 407 g/mol. The molecule has 0 bridgehead atoms. The van der Waals surface area contributed by atoms with Crippen LogP contribution in [0.3, 0.4) is 0 Å². The van der Waals surface area contributed by atoms with E-state index < -0.39 is 23.4 Å². The number of benzene rings is 1. The van der Waals surface area contributed by atoms with Crippen LogP contribution in [-0.2, 0) is 12.6 Å². The van der Waals surface area contributed by atoms with Crippen molar-refractivity contribution in [1.29, 1.82) is 0 Å². The van der Waals surface area contributed by atoms with Gasteiger partial charge in [0.05, 0.1) is 0 Å². The maximum absolute atomic E-state index is 13.8. The molecule has 0 aliphatic heterocycles. The van der Waals surface area contributed by atoms with Gasteiger partial charge < -0.3 is 0 Å². The molecule has 0 heterocycles. The van der Waals surface area contributed by atoms with Crippen molar-refractivity contribution in [1.82, 2.24) is 0 Å². The van der Waals surface area contributed by atoms with Gasteiger partial charge in [-0.1, -0.05) is 37.8 Å². The largest absolute Gasteiger partial charge is 0.422 e. The van der Waals surface area contributed by atoms with Crippen LogP contribution in [0.4, 0.5) is 22.0 Å². The Hall–Kier alpha value is -1.39. The molecule has 3 rings (SSSR count). The number of halogens is 5. The Morgan fingerprint density at radius 2 is 1.29 bits per heavy atom. The summed E-state index contributed by atoms with van der Waals surface area (Å²) in [7, 11) is 0. The molecule has 2 fully saturated rings. The lowest BCUT2D eigenvalue weighted by Crippen LogP contribution is -2.26. The van der Waals surface area contributed by atoms with Crippen molar-refractivity contribution < 1.29 is 22.0 Å². The van der Waals surface area contributed by atoms with Gasteiger partial charge in [-0.25, -0.2) is 8.78 Å². The molecule has 31 heavy (non-hydrogen) atoms. The lowest BCUT2D eigenvalue weighted by molar-refractivity contribution is -0.142. The summed E-state index contributed by atoms with van der Waals surface area (Å²) in [5.41, 5.74) is -1.46. The van der Waals surface area contributed by atoms with E-state index in [0.717, 1.165) is 49.1 Å². The van der Waals surface area contributed by atoms with Crippen molar-refractivity contribution in [3.63, 3.8) is 0 Å². The van der Waals surface area contributed by atoms with E-state index in [2.05, 4.69) is 19.1 Å². The van der Waals surface area contributed by atoms with Crippen molar-refractivity contribution in [3.8, 4) is 0 Å². The Kier molecular flexibility index (Phi) is 8.58. The third kappa shape index (κ3) is 6.79. The van der Waals surface area contributed by atoms with E-state index >= 15 is 0 Å². The van der Waals surface area contributed by atoms with Crippen LogP contribution in [0.25, 0.3) is 0 Å². The highest BCUT2D eigenvalue weighted by Gasteiger charge is 2.38. The maximum Gasteiger partial charge on any atom is 0.422 e. The van der Waals surface area contributed by atoms with Crippen LogP contribution in [0, 0.1) is 35.3 Å². The number of aryl methyl sites for hydroxylation is 1. The average Bonchev–Trinajstić information content (AvgIpc) is 2.72. The molecule has 0 radical (unpaired) electrons. The minimum absolute atomic E-state index is 0.321. The zero-order valence-corrected chi connectivity index (χ0v) is 18.5. The molecule has 2 saturated carbocycles. The molecule has 1 aromatic rings. The van der Waals surface area contributed by atoms with E-state index in [9.17, 15) is 22.0 Å². The van der Waals surface area contributed by atoms with Crippen molar-refractivity contribution in [2.75, 3.05) is 0 Å². The van der Waals surface area contributed by atoms with E-state index in [-0.39, 0.29) is 0 Å². The molecule has 0 unspecified atom stereocenters. The highest BCUT2D eigenvalue weighted by molar-refractivity contribution is 5.28. The third-order valence-electron chi connectivity index (χ3n) is 7.65. The van der Waals surface area contributed by atoms with Gasteiger partial charge >= 0.3 is 6.18 Å². The zero-order chi connectivity index (χ0) is 22.4. The first kappa shape index (κ1) is 24.3. The molecule has 0 atom stereocenters. The van der Waals surface area contributed by atoms with E-state index in [4.69, 9.17) is 0 Å². The molecule has 174 valence electrons. The third-order valence-corrected chi connectivity index (χ3v) is 7.65. The lowest BCUT2D eigenvalue weighted by atomic mass is 9.68. The Morgan fingerprint density at radius 3 is 1.74 bits per heavy atom. The molecule has 0 saturated heterocycles. The Bertz CT molecular complexity index is 697. The van der Waals surface area contributed by atoms with Crippen LogP contribution in [0.2, 0.25) is 0 Å². The maximum atomic E-state index is 13.8. The molecule has 5 heteroatoms. The number of alkyl halides is 3. The standard InChI is InChI=1S/C26H35F5/c1-2-3-4-5-18-8-12-21(13-9-18)22-14-10-19(11-15-22)6-7-20-16-23(27)25(24(28)17-20)26(29,30)31/h2-3,16-19,21-22H,4-15H2,1H3/b3-2+. The first-order chi connectivity index (χ1) is 14.8. The summed E-state index contributed by atoms with van der Waals surface area (Å²) in [5.74, 6) is 0.0147. The Balaban J connectivity index is 1.41. The summed E-state index contributed by atoms with van der Waals surface area (Å²) >= 11 is 0. The van der Waals surface area contributed by atoms with Crippen molar-refractivity contribution >= 4 is 0 Å². The smallest absolute Gasteiger partial charge is 0.206 e. The second-order valence-corrected chi connectivity index (χ2v) is 9.68.